The minimum atomic E-state index is -0.397. The number of amidine groups is 1. The normalized spacial score (nSPS) is 19.7. The van der Waals surface area contributed by atoms with Gasteiger partial charge in [0.2, 0.25) is 0 Å². The number of hydrogen-bond acceptors (Lipinski definition) is 4. The lowest BCUT2D eigenvalue weighted by atomic mass is 10.2. The molecule has 1 aliphatic rings. The number of carbonyl (C=O) groups excluding carboxylic acids is 1. The minimum absolute atomic E-state index is 0.397. The zero-order valence-electron chi connectivity index (χ0n) is 8.14. The first-order valence-corrected chi connectivity index (χ1v) is 5.31. The molecule has 1 aliphatic heterocycles. The molecule has 1 heterocycles. The summed E-state index contributed by atoms with van der Waals surface area (Å²) >= 11 is 3.37. The summed E-state index contributed by atoms with van der Waals surface area (Å²) in [5.74, 6) is 0.787. The van der Waals surface area contributed by atoms with Crippen LogP contribution in [0.3, 0.4) is 0 Å². The van der Waals surface area contributed by atoms with Crippen molar-refractivity contribution in [1.29, 1.82) is 0 Å². The summed E-state index contributed by atoms with van der Waals surface area (Å²) in [5, 5.41) is 4.02. The van der Waals surface area contributed by atoms with Gasteiger partial charge in [0.15, 0.2) is 12.5 Å². The topological polar surface area (TPSA) is 44.7 Å². The maximum atomic E-state index is 10.8. The number of rotatable bonds is 2. The van der Waals surface area contributed by atoms with Crippen LogP contribution in [0.25, 0.3) is 0 Å². The van der Waals surface area contributed by atoms with Gasteiger partial charge in [0.1, 0.15) is 5.84 Å². The van der Waals surface area contributed by atoms with Crippen molar-refractivity contribution in [3.63, 3.8) is 0 Å². The van der Waals surface area contributed by atoms with Gasteiger partial charge in [-0.05, 0) is 31.2 Å². The molecule has 0 aliphatic carbocycles. The molecule has 5 heteroatoms. The zero-order valence-corrected chi connectivity index (χ0v) is 9.73. The average Bonchev–Trinajstić information content (AvgIpc) is 2.61. The number of nitrogens with one attached hydrogen (secondary N) is 1. The van der Waals surface area contributed by atoms with Crippen molar-refractivity contribution >= 4 is 33.7 Å². The van der Waals surface area contributed by atoms with E-state index in [1.165, 1.54) is 0 Å². The van der Waals surface area contributed by atoms with Gasteiger partial charge < -0.3 is 0 Å². The standard InChI is InChI=1S/C10H10BrN3O/c1-7-12-13-10(6-15)14(7)9-4-2-8(11)3-5-9/h2-6,10,13H,1H3. The molecule has 4 nitrogen and oxygen atoms in total. The van der Waals surface area contributed by atoms with Gasteiger partial charge in [-0.2, -0.15) is 5.10 Å². The van der Waals surface area contributed by atoms with E-state index in [0.717, 1.165) is 22.3 Å². The Kier molecular flexibility index (Phi) is 2.73. The van der Waals surface area contributed by atoms with Gasteiger partial charge in [0.25, 0.3) is 0 Å². The molecule has 15 heavy (non-hydrogen) atoms. The SMILES string of the molecule is CC1=NNC(C=O)N1c1ccc(Br)cc1. The van der Waals surface area contributed by atoms with Crippen molar-refractivity contribution in [2.75, 3.05) is 4.90 Å². The smallest absolute Gasteiger partial charge is 0.177 e. The van der Waals surface area contributed by atoms with Crippen LogP contribution >= 0.6 is 15.9 Å². The Hall–Kier alpha value is -1.36. The number of hydrazone groups is 1. The third kappa shape index (κ3) is 1.87. The molecule has 1 unspecified atom stereocenters. The first kappa shape index (κ1) is 10.2. The van der Waals surface area contributed by atoms with E-state index in [9.17, 15) is 4.79 Å². The van der Waals surface area contributed by atoms with Crippen LogP contribution in [0.1, 0.15) is 6.92 Å². The van der Waals surface area contributed by atoms with Crippen molar-refractivity contribution < 1.29 is 4.79 Å². The fourth-order valence-corrected chi connectivity index (χ4v) is 1.78. The second-order valence-electron chi connectivity index (χ2n) is 3.22. The van der Waals surface area contributed by atoms with Gasteiger partial charge >= 0.3 is 0 Å². The van der Waals surface area contributed by atoms with Crippen molar-refractivity contribution in [1.82, 2.24) is 5.43 Å². The summed E-state index contributed by atoms with van der Waals surface area (Å²) in [7, 11) is 0. The number of nitrogens with zero attached hydrogens (tertiary/aromatic N) is 2. The molecule has 0 bridgehead atoms. The molecule has 1 aromatic rings. The Bertz CT molecular complexity index is 402. The lowest BCUT2D eigenvalue weighted by molar-refractivity contribution is -0.109. The molecule has 0 fully saturated rings. The molecule has 0 saturated heterocycles. The van der Waals surface area contributed by atoms with E-state index >= 15 is 0 Å². The predicted molar refractivity (Wildman–Crippen MR) is 62.7 cm³/mol. The van der Waals surface area contributed by atoms with E-state index in [1.54, 1.807) is 0 Å². The number of hydrogen-bond donors (Lipinski definition) is 1. The number of benzene rings is 1. The minimum Gasteiger partial charge on any atom is -0.300 e. The van der Waals surface area contributed by atoms with E-state index in [-0.39, 0.29) is 0 Å². The summed E-state index contributed by atoms with van der Waals surface area (Å²) in [6, 6.07) is 7.74. The van der Waals surface area contributed by atoms with Crippen molar-refractivity contribution in [2.24, 2.45) is 5.10 Å². The number of aldehydes is 1. The lowest BCUT2D eigenvalue weighted by Gasteiger charge is -2.21. The monoisotopic (exact) mass is 267 g/mol. The van der Waals surface area contributed by atoms with Gasteiger partial charge in [-0.15, -0.1) is 0 Å². The quantitative estimate of drug-likeness (QED) is 0.830. The van der Waals surface area contributed by atoms with E-state index in [2.05, 4.69) is 26.5 Å². The van der Waals surface area contributed by atoms with Gasteiger partial charge in [-0.25, -0.2) is 0 Å². The molecule has 0 saturated carbocycles. The van der Waals surface area contributed by atoms with E-state index in [1.807, 2.05) is 36.1 Å². The third-order valence-corrected chi connectivity index (χ3v) is 2.75. The highest BCUT2D eigenvalue weighted by Crippen LogP contribution is 2.21. The van der Waals surface area contributed by atoms with Crippen LogP contribution < -0.4 is 10.3 Å². The molecule has 2 rings (SSSR count). The highest BCUT2D eigenvalue weighted by molar-refractivity contribution is 9.10. The summed E-state index contributed by atoms with van der Waals surface area (Å²) in [5.41, 5.74) is 3.70. The van der Waals surface area contributed by atoms with Crippen molar-refractivity contribution in [3.8, 4) is 0 Å². The number of halogens is 1. The summed E-state index contributed by atoms with van der Waals surface area (Å²) in [4.78, 5) is 12.7. The molecule has 0 spiro atoms. The number of carbonyl (C=O) groups is 1. The largest absolute Gasteiger partial charge is 0.300 e. The lowest BCUT2D eigenvalue weighted by Crippen LogP contribution is -2.40. The van der Waals surface area contributed by atoms with Crippen LogP contribution in [0.2, 0.25) is 0 Å². The van der Waals surface area contributed by atoms with E-state index in [4.69, 9.17) is 0 Å². The third-order valence-electron chi connectivity index (χ3n) is 2.22. The van der Waals surface area contributed by atoms with Crippen LogP contribution in [-0.4, -0.2) is 18.3 Å². The summed E-state index contributed by atoms with van der Waals surface area (Å²) in [6.07, 6.45) is 0.438. The Morgan fingerprint density at radius 2 is 2.13 bits per heavy atom. The molecule has 1 aromatic carbocycles. The second-order valence-corrected chi connectivity index (χ2v) is 4.13. The van der Waals surface area contributed by atoms with Crippen molar-refractivity contribution in [2.45, 2.75) is 13.1 Å². The van der Waals surface area contributed by atoms with Crippen LogP contribution in [0.15, 0.2) is 33.8 Å². The van der Waals surface area contributed by atoms with Crippen LogP contribution in [0.4, 0.5) is 5.69 Å². The number of anilines is 1. The Balaban J connectivity index is 2.32. The van der Waals surface area contributed by atoms with Gasteiger partial charge in [-0.1, -0.05) is 15.9 Å². The molecular formula is C10H10BrN3O. The fraction of sp³-hybridized carbons (Fsp3) is 0.200. The average molecular weight is 268 g/mol. The van der Waals surface area contributed by atoms with E-state index in [0.29, 0.717) is 0 Å². The zero-order chi connectivity index (χ0) is 10.8. The second kappa shape index (κ2) is 4.02. The maximum Gasteiger partial charge on any atom is 0.177 e. The summed E-state index contributed by atoms with van der Waals surface area (Å²) < 4.78 is 1.01. The first-order valence-electron chi connectivity index (χ1n) is 4.52. The van der Waals surface area contributed by atoms with E-state index < -0.39 is 6.17 Å². The molecule has 0 aromatic heterocycles. The molecule has 0 radical (unpaired) electrons. The summed E-state index contributed by atoms with van der Waals surface area (Å²) in [6.45, 7) is 1.86. The molecule has 0 amide bonds. The van der Waals surface area contributed by atoms with Gasteiger partial charge in [0, 0.05) is 10.2 Å². The first-order chi connectivity index (χ1) is 7.22. The highest BCUT2D eigenvalue weighted by Gasteiger charge is 2.25. The van der Waals surface area contributed by atoms with Crippen LogP contribution in [-0.2, 0) is 4.79 Å². The Labute approximate surface area is 96.1 Å². The van der Waals surface area contributed by atoms with Gasteiger partial charge in [-0.3, -0.25) is 15.1 Å². The molecule has 78 valence electrons. The molecule has 1 atom stereocenters. The highest BCUT2D eigenvalue weighted by atomic mass is 79.9. The van der Waals surface area contributed by atoms with Crippen LogP contribution in [0.5, 0.6) is 0 Å². The Morgan fingerprint density at radius 3 is 2.73 bits per heavy atom. The van der Waals surface area contributed by atoms with Gasteiger partial charge in [0.05, 0.1) is 0 Å². The fourth-order valence-electron chi connectivity index (χ4n) is 1.51. The maximum absolute atomic E-state index is 10.8. The van der Waals surface area contributed by atoms with Crippen LogP contribution in [0, 0.1) is 0 Å². The molecule has 1 N–H and O–H groups in total. The predicted octanol–water partition coefficient (Wildman–Crippen LogP) is 1.72. The molecular weight excluding hydrogens is 258 g/mol. The van der Waals surface area contributed by atoms with Crippen molar-refractivity contribution in [3.05, 3.63) is 28.7 Å². The Morgan fingerprint density at radius 1 is 1.47 bits per heavy atom.